The van der Waals surface area contributed by atoms with Crippen LogP contribution in [0.3, 0.4) is 0 Å². The molecule has 0 bridgehead atoms. The first-order valence-electron chi connectivity index (χ1n) is 8.19. The van der Waals surface area contributed by atoms with Gasteiger partial charge in [-0.25, -0.2) is 0 Å². The summed E-state index contributed by atoms with van der Waals surface area (Å²) in [5.41, 5.74) is 0.798. The van der Waals surface area contributed by atoms with Crippen LogP contribution in [-0.4, -0.2) is 37.4 Å². The molecule has 116 valence electrons. The maximum atomic E-state index is 12.1. The van der Waals surface area contributed by atoms with Crippen LogP contribution in [-0.2, 0) is 0 Å². The molecule has 2 rings (SSSR count). The number of benzene rings is 1. The lowest BCUT2D eigenvalue weighted by Gasteiger charge is -2.26. The molecule has 1 heterocycles. The Morgan fingerprint density at radius 2 is 1.76 bits per heavy atom. The Bertz CT molecular complexity index is 421. The Morgan fingerprint density at radius 1 is 1.05 bits per heavy atom. The Balaban J connectivity index is 1.60. The van der Waals surface area contributed by atoms with E-state index in [-0.39, 0.29) is 5.78 Å². The molecule has 21 heavy (non-hydrogen) atoms. The Labute approximate surface area is 128 Å². The molecule has 0 aromatic heterocycles. The van der Waals surface area contributed by atoms with Crippen LogP contribution in [0.15, 0.2) is 24.3 Å². The predicted octanol–water partition coefficient (Wildman–Crippen LogP) is 3.92. The molecule has 1 aliphatic rings. The largest absolute Gasteiger partial charge is 0.497 e. The SMILES string of the molecule is COc1ccc(C(=O)CCCCCN2CCCCC2)cc1. The van der Waals surface area contributed by atoms with Gasteiger partial charge in [-0.05, 0) is 69.6 Å². The van der Waals surface area contributed by atoms with E-state index in [4.69, 9.17) is 4.74 Å². The zero-order chi connectivity index (χ0) is 14.9. The molecule has 0 atom stereocenters. The van der Waals surface area contributed by atoms with Gasteiger partial charge in [0.25, 0.3) is 0 Å². The summed E-state index contributed by atoms with van der Waals surface area (Å²) in [7, 11) is 1.64. The van der Waals surface area contributed by atoms with Crippen molar-refractivity contribution in [3.05, 3.63) is 29.8 Å². The van der Waals surface area contributed by atoms with E-state index >= 15 is 0 Å². The average molecular weight is 289 g/mol. The summed E-state index contributed by atoms with van der Waals surface area (Å²) in [5.74, 6) is 1.05. The van der Waals surface area contributed by atoms with Gasteiger partial charge in [-0.3, -0.25) is 4.79 Å². The second-order valence-electron chi connectivity index (χ2n) is 5.86. The number of nitrogens with zero attached hydrogens (tertiary/aromatic N) is 1. The minimum absolute atomic E-state index is 0.246. The van der Waals surface area contributed by atoms with Crippen molar-refractivity contribution in [2.45, 2.75) is 44.9 Å². The second-order valence-corrected chi connectivity index (χ2v) is 5.86. The van der Waals surface area contributed by atoms with E-state index in [1.165, 1.54) is 45.3 Å². The highest BCUT2D eigenvalue weighted by molar-refractivity contribution is 5.96. The number of hydrogen-bond acceptors (Lipinski definition) is 3. The lowest BCUT2D eigenvalue weighted by atomic mass is 10.0. The summed E-state index contributed by atoms with van der Waals surface area (Å²) < 4.78 is 5.10. The number of rotatable bonds is 8. The average Bonchev–Trinajstić information content (AvgIpc) is 2.55. The lowest BCUT2D eigenvalue weighted by Crippen LogP contribution is -2.30. The maximum absolute atomic E-state index is 12.1. The van der Waals surface area contributed by atoms with Crippen LogP contribution in [0.5, 0.6) is 5.75 Å². The van der Waals surface area contributed by atoms with Gasteiger partial charge in [0.05, 0.1) is 7.11 Å². The van der Waals surface area contributed by atoms with E-state index in [2.05, 4.69) is 4.90 Å². The molecule has 0 unspecified atom stereocenters. The van der Waals surface area contributed by atoms with E-state index < -0.39 is 0 Å². The normalized spacial score (nSPS) is 15.9. The van der Waals surface area contributed by atoms with Crippen LogP contribution < -0.4 is 4.74 Å². The third-order valence-corrected chi connectivity index (χ3v) is 4.24. The lowest BCUT2D eigenvalue weighted by molar-refractivity contribution is 0.0978. The number of piperidine rings is 1. The molecule has 3 heteroatoms. The number of Topliss-reactive ketones (excluding diaryl/α,β-unsaturated/α-hetero) is 1. The molecule has 0 saturated carbocycles. The number of carbonyl (C=O) groups is 1. The molecule has 1 saturated heterocycles. The highest BCUT2D eigenvalue weighted by atomic mass is 16.5. The van der Waals surface area contributed by atoms with E-state index in [0.29, 0.717) is 6.42 Å². The number of carbonyl (C=O) groups excluding carboxylic acids is 1. The monoisotopic (exact) mass is 289 g/mol. The Morgan fingerprint density at radius 3 is 2.43 bits per heavy atom. The molecular weight excluding hydrogens is 262 g/mol. The van der Waals surface area contributed by atoms with E-state index in [1.807, 2.05) is 24.3 Å². The summed E-state index contributed by atoms with van der Waals surface area (Å²) in [6, 6.07) is 7.41. The van der Waals surface area contributed by atoms with Crippen molar-refractivity contribution in [1.29, 1.82) is 0 Å². The fourth-order valence-corrected chi connectivity index (χ4v) is 2.90. The number of likely N-dealkylation sites (tertiary alicyclic amines) is 1. The number of ketones is 1. The van der Waals surface area contributed by atoms with Crippen molar-refractivity contribution < 1.29 is 9.53 Å². The number of ether oxygens (including phenoxy) is 1. The van der Waals surface area contributed by atoms with Crippen LogP contribution >= 0.6 is 0 Å². The van der Waals surface area contributed by atoms with Crippen LogP contribution in [0.1, 0.15) is 55.3 Å². The van der Waals surface area contributed by atoms with Gasteiger partial charge in [-0.15, -0.1) is 0 Å². The quantitative estimate of drug-likeness (QED) is 0.536. The first-order valence-corrected chi connectivity index (χ1v) is 8.19. The van der Waals surface area contributed by atoms with Crippen molar-refractivity contribution in [3.63, 3.8) is 0 Å². The van der Waals surface area contributed by atoms with Gasteiger partial charge in [-0.2, -0.15) is 0 Å². The van der Waals surface area contributed by atoms with Gasteiger partial charge in [0.1, 0.15) is 5.75 Å². The molecule has 1 fully saturated rings. The van der Waals surface area contributed by atoms with Gasteiger partial charge < -0.3 is 9.64 Å². The maximum Gasteiger partial charge on any atom is 0.162 e. The van der Waals surface area contributed by atoms with E-state index in [1.54, 1.807) is 7.11 Å². The first-order chi connectivity index (χ1) is 10.3. The standard InChI is InChI=1S/C18H27NO2/c1-21-17-11-9-16(10-12-17)18(20)8-4-2-5-13-19-14-6-3-7-15-19/h9-12H,2-8,13-15H2,1H3. The summed E-state index contributed by atoms with van der Waals surface area (Å²) in [5, 5.41) is 0. The van der Waals surface area contributed by atoms with Crippen molar-refractivity contribution in [3.8, 4) is 5.75 Å². The molecule has 1 aromatic carbocycles. The van der Waals surface area contributed by atoms with Gasteiger partial charge >= 0.3 is 0 Å². The molecule has 3 nitrogen and oxygen atoms in total. The van der Waals surface area contributed by atoms with Crippen molar-refractivity contribution in [2.75, 3.05) is 26.7 Å². The van der Waals surface area contributed by atoms with Crippen LogP contribution in [0.4, 0.5) is 0 Å². The van der Waals surface area contributed by atoms with E-state index in [0.717, 1.165) is 24.2 Å². The van der Waals surface area contributed by atoms with Gasteiger partial charge in [0.15, 0.2) is 5.78 Å². The fraction of sp³-hybridized carbons (Fsp3) is 0.611. The third-order valence-electron chi connectivity index (χ3n) is 4.24. The molecule has 1 aromatic rings. The Kier molecular flexibility index (Phi) is 6.74. The zero-order valence-electron chi connectivity index (χ0n) is 13.1. The topological polar surface area (TPSA) is 29.5 Å². The molecular formula is C18H27NO2. The number of hydrogen-bond donors (Lipinski definition) is 0. The second kappa shape index (κ2) is 8.83. The molecule has 1 aliphatic heterocycles. The van der Waals surface area contributed by atoms with Gasteiger partial charge in [0.2, 0.25) is 0 Å². The van der Waals surface area contributed by atoms with Crippen molar-refractivity contribution in [2.24, 2.45) is 0 Å². The third kappa shape index (κ3) is 5.50. The van der Waals surface area contributed by atoms with E-state index in [9.17, 15) is 4.79 Å². The summed E-state index contributed by atoms with van der Waals surface area (Å²) >= 11 is 0. The summed E-state index contributed by atoms with van der Waals surface area (Å²) in [6.07, 6.45) is 8.14. The van der Waals surface area contributed by atoms with Crippen molar-refractivity contribution in [1.82, 2.24) is 4.90 Å². The smallest absolute Gasteiger partial charge is 0.162 e. The summed E-state index contributed by atoms with van der Waals surface area (Å²) in [4.78, 5) is 14.6. The fourth-order valence-electron chi connectivity index (χ4n) is 2.90. The Hall–Kier alpha value is -1.35. The first kappa shape index (κ1) is 16.0. The van der Waals surface area contributed by atoms with Gasteiger partial charge in [-0.1, -0.05) is 12.8 Å². The molecule has 0 N–H and O–H groups in total. The van der Waals surface area contributed by atoms with Crippen LogP contribution in [0.2, 0.25) is 0 Å². The zero-order valence-corrected chi connectivity index (χ0v) is 13.1. The molecule has 0 spiro atoms. The summed E-state index contributed by atoms with van der Waals surface area (Å²) in [6.45, 7) is 3.74. The molecule has 0 amide bonds. The van der Waals surface area contributed by atoms with Gasteiger partial charge in [0, 0.05) is 12.0 Å². The van der Waals surface area contributed by atoms with Crippen LogP contribution in [0.25, 0.3) is 0 Å². The number of methoxy groups -OCH3 is 1. The molecule has 0 aliphatic carbocycles. The minimum Gasteiger partial charge on any atom is -0.497 e. The van der Waals surface area contributed by atoms with Crippen molar-refractivity contribution >= 4 is 5.78 Å². The van der Waals surface area contributed by atoms with Crippen LogP contribution in [0, 0.1) is 0 Å². The highest BCUT2D eigenvalue weighted by Gasteiger charge is 2.09. The molecule has 0 radical (unpaired) electrons. The minimum atomic E-state index is 0.246. The number of unbranched alkanes of at least 4 members (excludes halogenated alkanes) is 2. The highest BCUT2D eigenvalue weighted by Crippen LogP contribution is 2.15. The predicted molar refractivity (Wildman–Crippen MR) is 86.1 cm³/mol.